The van der Waals surface area contributed by atoms with Gasteiger partial charge in [0.2, 0.25) is 0 Å². The van der Waals surface area contributed by atoms with E-state index in [1.807, 2.05) is 39.8 Å². The van der Waals surface area contributed by atoms with Crippen LogP contribution in [0.2, 0.25) is 10.0 Å². The van der Waals surface area contributed by atoms with E-state index in [1.165, 1.54) is 0 Å². The highest BCUT2D eigenvalue weighted by Gasteiger charge is 2.28. The highest BCUT2D eigenvalue weighted by molar-refractivity contribution is 6.32. The van der Waals surface area contributed by atoms with Crippen molar-refractivity contribution in [2.45, 2.75) is 65.2 Å². The third kappa shape index (κ3) is 5.86. The smallest absolute Gasteiger partial charge is 0.259 e. The van der Waals surface area contributed by atoms with Crippen molar-refractivity contribution in [1.29, 1.82) is 5.26 Å². The highest BCUT2D eigenvalue weighted by Crippen LogP contribution is 2.39. The minimum atomic E-state index is -0.583. The molecule has 0 saturated carbocycles. The van der Waals surface area contributed by atoms with Crippen LogP contribution in [0.5, 0.6) is 5.75 Å². The first-order valence-electron chi connectivity index (χ1n) is 11.8. The molecule has 188 valence electrons. The van der Waals surface area contributed by atoms with Gasteiger partial charge in [0.05, 0.1) is 17.6 Å². The molecular formula is C30H32Cl2N2O2. The monoisotopic (exact) mass is 522 g/mol. The standard InChI is InChI=1S/C30H32Cl2N2O2/c1-17-12-21(23(16-33)18-8-10-20(31)11-9-18)25(32)15-26(17)34-28(36)22-13-19(29(2,3)4)14-24(27(22)35)30(5,6)7/h8-15,23,35H,1-7H3,(H,34,36). The van der Waals surface area contributed by atoms with Gasteiger partial charge in [-0.3, -0.25) is 4.79 Å². The van der Waals surface area contributed by atoms with E-state index in [1.54, 1.807) is 36.4 Å². The minimum Gasteiger partial charge on any atom is -0.507 e. The lowest BCUT2D eigenvalue weighted by molar-refractivity contribution is 0.102. The largest absolute Gasteiger partial charge is 0.507 e. The molecule has 3 aromatic rings. The second-order valence-corrected chi connectivity index (χ2v) is 12.0. The van der Waals surface area contributed by atoms with Gasteiger partial charge in [-0.25, -0.2) is 0 Å². The van der Waals surface area contributed by atoms with Gasteiger partial charge in [-0.2, -0.15) is 5.26 Å². The van der Waals surface area contributed by atoms with Crippen LogP contribution in [-0.2, 0) is 10.8 Å². The molecule has 3 aromatic carbocycles. The van der Waals surface area contributed by atoms with Gasteiger partial charge in [0.25, 0.3) is 5.91 Å². The quantitative estimate of drug-likeness (QED) is 0.360. The Morgan fingerprint density at radius 2 is 1.58 bits per heavy atom. The molecule has 0 radical (unpaired) electrons. The number of carbonyl (C=O) groups excluding carboxylic acids is 1. The van der Waals surface area contributed by atoms with Crippen LogP contribution in [-0.4, -0.2) is 11.0 Å². The summed E-state index contributed by atoms with van der Waals surface area (Å²) in [5.74, 6) is -1.04. The molecule has 1 amide bonds. The van der Waals surface area contributed by atoms with Crippen molar-refractivity contribution >= 4 is 34.8 Å². The Hall–Kier alpha value is -3.00. The number of hydrogen-bond donors (Lipinski definition) is 2. The summed E-state index contributed by atoms with van der Waals surface area (Å²) in [6, 6.07) is 16.6. The molecule has 0 aliphatic carbocycles. The van der Waals surface area contributed by atoms with Gasteiger partial charge in [0, 0.05) is 21.3 Å². The van der Waals surface area contributed by atoms with Gasteiger partial charge in [0.15, 0.2) is 0 Å². The number of halogens is 2. The Kier molecular flexibility index (Phi) is 7.79. The maximum Gasteiger partial charge on any atom is 0.259 e. The molecule has 2 N–H and O–H groups in total. The Morgan fingerprint density at radius 3 is 2.11 bits per heavy atom. The fourth-order valence-corrected chi connectivity index (χ4v) is 4.44. The van der Waals surface area contributed by atoms with E-state index < -0.39 is 11.8 Å². The van der Waals surface area contributed by atoms with Crippen LogP contribution < -0.4 is 5.32 Å². The number of amides is 1. The number of phenolic OH excluding ortho intramolecular Hbond substituents is 1. The third-order valence-corrected chi connectivity index (χ3v) is 6.84. The number of nitrogens with one attached hydrogen (secondary N) is 1. The average Bonchev–Trinajstić information content (AvgIpc) is 2.77. The number of nitriles is 1. The van der Waals surface area contributed by atoms with Crippen LogP contribution in [0.15, 0.2) is 48.5 Å². The van der Waals surface area contributed by atoms with E-state index in [0.717, 1.165) is 16.7 Å². The summed E-state index contributed by atoms with van der Waals surface area (Å²) in [5.41, 5.74) is 4.00. The van der Waals surface area contributed by atoms with Crippen molar-refractivity contribution in [2.24, 2.45) is 0 Å². The fourth-order valence-electron chi connectivity index (χ4n) is 4.04. The maximum atomic E-state index is 13.4. The number of aromatic hydroxyl groups is 1. The van der Waals surface area contributed by atoms with Crippen molar-refractivity contribution in [3.8, 4) is 11.8 Å². The molecule has 0 aliphatic heterocycles. The van der Waals surface area contributed by atoms with Gasteiger partial charge in [0.1, 0.15) is 5.75 Å². The SMILES string of the molecule is Cc1cc(C(C#N)c2ccc(Cl)cc2)c(Cl)cc1NC(=O)c1cc(C(C)(C)C)cc(C(C)(C)C)c1O. The van der Waals surface area contributed by atoms with E-state index in [0.29, 0.717) is 26.9 Å². The van der Waals surface area contributed by atoms with E-state index in [2.05, 4.69) is 32.2 Å². The summed E-state index contributed by atoms with van der Waals surface area (Å²) < 4.78 is 0. The lowest BCUT2D eigenvalue weighted by Gasteiger charge is -2.27. The molecule has 0 heterocycles. The fraction of sp³-hybridized carbons (Fsp3) is 0.333. The molecule has 6 heteroatoms. The van der Waals surface area contributed by atoms with E-state index in [-0.39, 0.29) is 22.1 Å². The number of hydrogen-bond acceptors (Lipinski definition) is 3. The van der Waals surface area contributed by atoms with Gasteiger partial charge in [-0.15, -0.1) is 0 Å². The number of phenols is 1. The number of carbonyl (C=O) groups is 1. The lowest BCUT2D eigenvalue weighted by atomic mass is 9.79. The van der Waals surface area contributed by atoms with Crippen LogP contribution in [0.4, 0.5) is 5.69 Å². The Labute approximate surface area is 223 Å². The minimum absolute atomic E-state index is 0.0272. The molecule has 0 saturated heterocycles. The molecule has 0 aromatic heterocycles. The molecule has 1 unspecified atom stereocenters. The van der Waals surface area contributed by atoms with Crippen molar-refractivity contribution in [3.63, 3.8) is 0 Å². The van der Waals surface area contributed by atoms with Crippen LogP contribution in [0.3, 0.4) is 0 Å². The van der Waals surface area contributed by atoms with Crippen LogP contribution in [0.1, 0.15) is 85.6 Å². The summed E-state index contributed by atoms with van der Waals surface area (Å²) in [7, 11) is 0. The van der Waals surface area contributed by atoms with Crippen LogP contribution in [0.25, 0.3) is 0 Å². The zero-order valence-electron chi connectivity index (χ0n) is 21.8. The average molecular weight is 524 g/mol. The first-order valence-corrected chi connectivity index (χ1v) is 12.5. The van der Waals surface area contributed by atoms with Crippen molar-refractivity contribution in [3.05, 3.63) is 92.0 Å². The van der Waals surface area contributed by atoms with Gasteiger partial charge >= 0.3 is 0 Å². The van der Waals surface area contributed by atoms with Crippen molar-refractivity contribution < 1.29 is 9.90 Å². The first kappa shape index (κ1) is 27.6. The summed E-state index contributed by atoms with van der Waals surface area (Å²) in [4.78, 5) is 13.4. The number of rotatable bonds is 4. The molecular weight excluding hydrogens is 491 g/mol. The Morgan fingerprint density at radius 1 is 0.972 bits per heavy atom. The van der Waals surface area contributed by atoms with Crippen molar-refractivity contribution in [2.75, 3.05) is 5.32 Å². The topological polar surface area (TPSA) is 73.1 Å². The zero-order chi connectivity index (χ0) is 27.0. The second-order valence-electron chi connectivity index (χ2n) is 11.2. The second kappa shape index (κ2) is 10.2. The van der Waals surface area contributed by atoms with E-state index in [4.69, 9.17) is 23.2 Å². The van der Waals surface area contributed by atoms with E-state index >= 15 is 0 Å². The number of anilines is 1. The number of aryl methyl sites for hydroxylation is 1. The van der Waals surface area contributed by atoms with Gasteiger partial charge in [-0.05, 0) is 64.3 Å². The third-order valence-electron chi connectivity index (χ3n) is 6.26. The maximum absolute atomic E-state index is 13.4. The molecule has 0 spiro atoms. The Balaban J connectivity index is 2.02. The lowest BCUT2D eigenvalue weighted by Crippen LogP contribution is -2.21. The van der Waals surface area contributed by atoms with Crippen molar-refractivity contribution in [1.82, 2.24) is 0 Å². The normalized spacial score (nSPS) is 12.7. The van der Waals surface area contributed by atoms with Crippen LogP contribution in [0, 0.1) is 18.3 Å². The summed E-state index contributed by atoms with van der Waals surface area (Å²) >= 11 is 12.6. The molecule has 3 rings (SSSR count). The highest BCUT2D eigenvalue weighted by atomic mass is 35.5. The van der Waals surface area contributed by atoms with Crippen LogP contribution >= 0.6 is 23.2 Å². The number of nitrogens with zero attached hydrogens (tertiary/aromatic N) is 1. The first-order chi connectivity index (χ1) is 16.6. The molecule has 1 atom stereocenters. The number of benzene rings is 3. The molecule has 0 fully saturated rings. The Bertz CT molecular complexity index is 1340. The molecule has 4 nitrogen and oxygen atoms in total. The predicted octanol–water partition coefficient (Wildman–Crippen LogP) is 8.51. The van der Waals surface area contributed by atoms with Gasteiger partial charge in [-0.1, -0.05) is 89.0 Å². The van der Waals surface area contributed by atoms with E-state index in [9.17, 15) is 15.2 Å². The summed E-state index contributed by atoms with van der Waals surface area (Å²) in [6.07, 6.45) is 0. The molecule has 0 aliphatic rings. The molecule has 0 bridgehead atoms. The molecule has 36 heavy (non-hydrogen) atoms. The summed E-state index contributed by atoms with van der Waals surface area (Å²) in [5, 5.41) is 24.8. The van der Waals surface area contributed by atoms with Gasteiger partial charge < -0.3 is 10.4 Å². The zero-order valence-corrected chi connectivity index (χ0v) is 23.3. The summed E-state index contributed by atoms with van der Waals surface area (Å²) in [6.45, 7) is 14.1. The predicted molar refractivity (Wildman–Crippen MR) is 149 cm³/mol.